The summed E-state index contributed by atoms with van der Waals surface area (Å²) >= 11 is 0. The van der Waals surface area contributed by atoms with Gasteiger partial charge in [-0.3, -0.25) is 19.0 Å². The summed E-state index contributed by atoms with van der Waals surface area (Å²) in [5.74, 6) is -0.515. The Bertz CT molecular complexity index is 959. The number of hydrogen-bond acceptors (Lipinski definition) is 4. The maximum atomic E-state index is 12.6. The predicted molar refractivity (Wildman–Crippen MR) is 108 cm³/mol. The first-order chi connectivity index (χ1) is 14.0. The Hall–Kier alpha value is -2.93. The van der Waals surface area contributed by atoms with Gasteiger partial charge in [0.1, 0.15) is 6.10 Å². The summed E-state index contributed by atoms with van der Waals surface area (Å²) in [6.07, 6.45) is 6.02. The SMILES string of the molecule is NC(=O)C1CCC2(CCC(NC(=O)c3ccc(-n4ccccc4=O)cc3)CC2)O1. The highest BCUT2D eigenvalue weighted by Gasteiger charge is 2.44. The number of pyridine rings is 1. The maximum absolute atomic E-state index is 12.6. The Balaban J connectivity index is 1.34. The molecule has 0 radical (unpaired) electrons. The number of rotatable bonds is 4. The first kappa shape index (κ1) is 19.4. The Morgan fingerprint density at radius 2 is 1.72 bits per heavy atom. The zero-order valence-corrected chi connectivity index (χ0v) is 16.2. The fraction of sp³-hybridized carbons (Fsp3) is 0.409. The number of nitrogens with zero attached hydrogens (tertiary/aromatic N) is 1. The van der Waals surface area contributed by atoms with E-state index in [4.69, 9.17) is 10.5 Å². The second kappa shape index (κ2) is 7.83. The molecule has 1 saturated heterocycles. The summed E-state index contributed by atoms with van der Waals surface area (Å²) in [5, 5.41) is 3.09. The summed E-state index contributed by atoms with van der Waals surface area (Å²) in [6.45, 7) is 0. The normalized spacial score (nSPS) is 26.3. The highest BCUT2D eigenvalue weighted by molar-refractivity contribution is 5.94. The van der Waals surface area contributed by atoms with Crippen molar-refractivity contribution in [3.8, 4) is 5.69 Å². The van der Waals surface area contributed by atoms with Gasteiger partial charge in [-0.1, -0.05) is 6.07 Å². The van der Waals surface area contributed by atoms with Crippen molar-refractivity contribution in [1.29, 1.82) is 0 Å². The maximum Gasteiger partial charge on any atom is 0.255 e. The Morgan fingerprint density at radius 1 is 1.03 bits per heavy atom. The lowest BCUT2D eigenvalue weighted by Gasteiger charge is -2.37. The monoisotopic (exact) mass is 395 g/mol. The summed E-state index contributed by atoms with van der Waals surface area (Å²) in [6, 6.07) is 12.1. The van der Waals surface area contributed by atoms with Crippen LogP contribution < -0.4 is 16.6 Å². The van der Waals surface area contributed by atoms with Crippen LogP contribution in [0, 0.1) is 0 Å². The average molecular weight is 395 g/mol. The van der Waals surface area contributed by atoms with Gasteiger partial charge in [0.15, 0.2) is 0 Å². The van der Waals surface area contributed by atoms with Gasteiger partial charge in [-0.15, -0.1) is 0 Å². The van der Waals surface area contributed by atoms with Crippen LogP contribution in [0.1, 0.15) is 48.9 Å². The number of aromatic nitrogens is 1. The molecule has 29 heavy (non-hydrogen) atoms. The number of amides is 2. The lowest BCUT2D eigenvalue weighted by atomic mass is 9.80. The second-order valence-electron chi connectivity index (χ2n) is 7.93. The molecule has 2 aliphatic rings. The van der Waals surface area contributed by atoms with Gasteiger partial charge < -0.3 is 15.8 Å². The molecule has 1 saturated carbocycles. The molecule has 3 N–H and O–H groups in total. The van der Waals surface area contributed by atoms with Gasteiger partial charge in [0.2, 0.25) is 5.91 Å². The minimum absolute atomic E-state index is 0.0840. The molecule has 152 valence electrons. The zero-order chi connectivity index (χ0) is 20.4. The van der Waals surface area contributed by atoms with E-state index in [0.29, 0.717) is 17.7 Å². The van der Waals surface area contributed by atoms with E-state index < -0.39 is 12.0 Å². The quantitative estimate of drug-likeness (QED) is 0.825. The second-order valence-corrected chi connectivity index (χ2v) is 7.93. The van der Waals surface area contributed by atoms with E-state index >= 15 is 0 Å². The predicted octanol–water partition coefficient (Wildman–Crippen LogP) is 1.91. The van der Waals surface area contributed by atoms with Crippen molar-refractivity contribution >= 4 is 11.8 Å². The van der Waals surface area contributed by atoms with Crippen molar-refractivity contribution in [1.82, 2.24) is 9.88 Å². The third kappa shape index (κ3) is 4.10. The summed E-state index contributed by atoms with van der Waals surface area (Å²) in [7, 11) is 0. The van der Waals surface area contributed by atoms with Gasteiger partial charge in [-0.25, -0.2) is 0 Å². The van der Waals surface area contributed by atoms with Crippen molar-refractivity contribution in [3.63, 3.8) is 0 Å². The third-order valence-corrected chi connectivity index (χ3v) is 6.03. The molecule has 1 atom stereocenters. The smallest absolute Gasteiger partial charge is 0.255 e. The Labute approximate surface area is 168 Å². The van der Waals surface area contributed by atoms with E-state index in [1.165, 1.54) is 10.6 Å². The highest BCUT2D eigenvalue weighted by Crippen LogP contribution is 2.41. The molecule has 1 unspecified atom stereocenters. The van der Waals surface area contributed by atoms with Crippen LogP contribution in [0.25, 0.3) is 5.69 Å². The molecule has 1 aromatic heterocycles. The molecule has 1 aromatic carbocycles. The van der Waals surface area contributed by atoms with Gasteiger partial charge in [0.25, 0.3) is 11.5 Å². The first-order valence-electron chi connectivity index (χ1n) is 10.0. The van der Waals surface area contributed by atoms with Gasteiger partial charge >= 0.3 is 0 Å². The van der Waals surface area contributed by atoms with Crippen molar-refractivity contribution in [3.05, 3.63) is 64.6 Å². The number of ether oxygens (including phenoxy) is 1. The minimum atomic E-state index is -0.475. The average Bonchev–Trinajstić information content (AvgIpc) is 3.15. The molecule has 4 rings (SSSR count). The molecular formula is C22H25N3O4. The van der Waals surface area contributed by atoms with Crippen molar-refractivity contribution in [2.24, 2.45) is 5.73 Å². The van der Waals surface area contributed by atoms with Crippen LogP contribution >= 0.6 is 0 Å². The molecule has 2 heterocycles. The number of hydrogen-bond donors (Lipinski definition) is 2. The standard InChI is InChI=1S/C22H25N3O4/c23-20(27)18-10-13-22(29-18)11-8-16(9-12-22)24-21(28)15-4-6-17(7-5-15)25-14-2-1-3-19(25)26/h1-7,14,16,18H,8-13H2,(H2,23,27)(H,24,28). The van der Waals surface area contributed by atoms with Crippen LogP contribution in [-0.4, -0.2) is 34.1 Å². The van der Waals surface area contributed by atoms with Gasteiger partial charge in [0, 0.05) is 29.6 Å². The van der Waals surface area contributed by atoms with Crippen LogP contribution in [0.5, 0.6) is 0 Å². The molecular weight excluding hydrogens is 370 g/mol. The van der Waals surface area contributed by atoms with E-state index in [-0.39, 0.29) is 23.1 Å². The first-order valence-corrected chi connectivity index (χ1v) is 10.0. The fourth-order valence-electron chi connectivity index (χ4n) is 4.35. The lowest BCUT2D eigenvalue weighted by molar-refractivity contribution is -0.136. The van der Waals surface area contributed by atoms with Crippen LogP contribution in [0.15, 0.2) is 53.5 Å². The van der Waals surface area contributed by atoms with Gasteiger partial charge in [0.05, 0.1) is 5.60 Å². The van der Waals surface area contributed by atoms with Crippen LogP contribution in [0.4, 0.5) is 0 Å². The molecule has 1 aliphatic heterocycles. The number of nitrogens with two attached hydrogens (primary N) is 1. The zero-order valence-electron chi connectivity index (χ0n) is 16.2. The molecule has 7 heteroatoms. The summed E-state index contributed by atoms with van der Waals surface area (Å²) in [5.41, 5.74) is 6.26. The highest BCUT2D eigenvalue weighted by atomic mass is 16.5. The number of primary amides is 1. The van der Waals surface area contributed by atoms with Crippen LogP contribution in [0.3, 0.4) is 0 Å². The summed E-state index contributed by atoms with van der Waals surface area (Å²) in [4.78, 5) is 35.9. The Kier molecular flexibility index (Phi) is 5.24. The molecule has 2 fully saturated rings. The number of carbonyl (C=O) groups is 2. The molecule has 1 aliphatic carbocycles. The third-order valence-electron chi connectivity index (χ3n) is 6.03. The van der Waals surface area contributed by atoms with Gasteiger partial charge in [-0.2, -0.15) is 0 Å². The van der Waals surface area contributed by atoms with Crippen molar-refractivity contribution < 1.29 is 14.3 Å². The molecule has 0 bridgehead atoms. The van der Waals surface area contributed by atoms with E-state index in [9.17, 15) is 14.4 Å². The number of nitrogens with one attached hydrogen (secondary N) is 1. The van der Waals surface area contributed by atoms with E-state index in [1.807, 2.05) is 0 Å². The van der Waals surface area contributed by atoms with Crippen molar-refractivity contribution in [2.45, 2.75) is 56.3 Å². The van der Waals surface area contributed by atoms with Gasteiger partial charge in [-0.05, 0) is 68.9 Å². The van der Waals surface area contributed by atoms with Crippen molar-refractivity contribution in [2.75, 3.05) is 0 Å². The van der Waals surface area contributed by atoms with E-state index in [2.05, 4.69) is 5.32 Å². The number of benzene rings is 1. The molecule has 1 spiro atoms. The molecule has 2 amide bonds. The minimum Gasteiger partial charge on any atom is -0.367 e. The fourth-order valence-corrected chi connectivity index (χ4v) is 4.35. The van der Waals surface area contributed by atoms with E-state index in [0.717, 1.165) is 32.1 Å². The van der Waals surface area contributed by atoms with E-state index in [1.54, 1.807) is 42.6 Å². The molecule has 2 aromatic rings. The largest absolute Gasteiger partial charge is 0.367 e. The summed E-state index contributed by atoms with van der Waals surface area (Å²) < 4.78 is 7.47. The molecule has 7 nitrogen and oxygen atoms in total. The number of carbonyl (C=O) groups excluding carboxylic acids is 2. The Morgan fingerprint density at radius 3 is 2.34 bits per heavy atom. The van der Waals surface area contributed by atoms with Crippen LogP contribution in [-0.2, 0) is 9.53 Å². The van der Waals surface area contributed by atoms with Crippen LogP contribution in [0.2, 0.25) is 0 Å². The lowest BCUT2D eigenvalue weighted by Crippen LogP contribution is -2.44. The topological polar surface area (TPSA) is 103 Å².